The third kappa shape index (κ3) is 4.81. The van der Waals surface area contributed by atoms with Gasteiger partial charge in [0.15, 0.2) is 0 Å². The Morgan fingerprint density at radius 1 is 1.09 bits per heavy atom. The number of nitrogens with one attached hydrogen (secondary N) is 1. The molecule has 116 valence electrons. The number of ether oxygens (including phenoxy) is 1. The summed E-state index contributed by atoms with van der Waals surface area (Å²) in [5.41, 5.74) is 2.13. The summed E-state index contributed by atoms with van der Waals surface area (Å²) in [6, 6.07) is 17.7. The quantitative estimate of drug-likeness (QED) is 0.853. The van der Waals surface area contributed by atoms with Crippen LogP contribution in [0.1, 0.15) is 12.0 Å². The van der Waals surface area contributed by atoms with E-state index in [1.807, 2.05) is 61.6 Å². The number of anilines is 1. The lowest BCUT2D eigenvalue weighted by Crippen LogP contribution is -2.27. The van der Waals surface area contributed by atoms with Crippen LogP contribution in [0.3, 0.4) is 0 Å². The molecule has 1 amide bonds. The topological polar surface area (TPSA) is 41.6 Å². The van der Waals surface area contributed by atoms with Gasteiger partial charge in [-0.25, -0.2) is 0 Å². The zero-order valence-electron chi connectivity index (χ0n) is 13.1. The van der Waals surface area contributed by atoms with E-state index >= 15 is 0 Å². The first-order valence-electron chi connectivity index (χ1n) is 7.35. The number of nitrogens with zero attached hydrogens (tertiary/aromatic N) is 1. The van der Waals surface area contributed by atoms with E-state index in [2.05, 4.69) is 5.32 Å². The molecule has 22 heavy (non-hydrogen) atoms. The average molecular weight is 298 g/mol. The molecule has 2 aromatic carbocycles. The molecule has 0 bridgehead atoms. The Morgan fingerprint density at radius 2 is 1.77 bits per heavy atom. The molecule has 1 N–H and O–H groups in total. The number of carbonyl (C=O) groups excluding carboxylic acids is 1. The van der Waals surface area contributed by atoms with Crippen molar-refractivity contribution in [3.63, 3.8) is 0 Å². The molecule has 0 atom stereocenters. The molecule has 0 saturated heterocycles. The predicted octanol–water partition coefficient (Wildman–Crippen LogP) is 3.16. The van der Waals surface area contributed by atoms with Gasteiger partial charge in [0, 0.05) is 32.2 Å². The van der Waals surface area contributed by atoms with Gasteiger partial charge < -0.3 is 15.0 Å². The Morgan fingerprint density at radius 3 is 2.41 bits per heavy atom. The molecule has 0 unspecified atom stereocenters. The SMILES string of the molecule is COc1ccc(NCCC(=O)N(C)Cc2ccccc2)cc1. The highest BCUT2D eigenvalue weighted by Crippen LogP contribution is 2.14. The molecule has 0 saturated carbocycles. The van der Waals surface area contributed by atoms with Crippen molar-refractivity contribution in [2.75, 3.05) is 26.0 Å². The molecule has 2 aromatic rings. The number of hydrogen-bond acceptors (Lipinski definition) is 3. The molecule has 0 fully saturated rings. The second-order valence-corrected chi connectivity index (χ2v) is 5.14. The highest BCUT2D eigenvalue weighted by molar-refractivity contribution is 5.76. The van der Waals surface area contributed by atoms with Crippen molar-refractivity contribution < 1.29 is 9.53 Å². The van der Waals surface area contributed by atoms with Gasteiger partial charge in [0.05, 0.1) is 7.11 Å². The Hall–Kier alpha value is -2.49. The van der Waals surface area contributed by atoms with Crippen molar-refractivity contribution in [3.05, 3.63) is 60.2 Å². The van der Waals surface area contributed by atoms with Gasteiger partial charge in [-0.3, -0.25) is 4.79 Å². The Kier molecular flexibility index (Phi) is 5.83. The third-order valence-corrected chi connectivity index (χ3v) is 3.45. The molecule has 0 aromatic heterocycles. The summed E-state index contributed by atoms with van der Waals surface area (Å²) in [5.74, 6) is 0.953. The predicted molar refractivity (Wildman–Crippen MR) is 89.0 cm³/mol. The summed E-state index contributed by atoms with van der Waals surface area (Å²) >= 11 is 0. The standard InChI is InChI=1S/C18H22N2O2/c1-20(14-15-6-4-3-5-7-15)18(21)12-13-19-16-8-10-17(22-2)11-9-16/h3-11,19H,12-14H2,1-2H3. The fraction of sp³-hybridized carbons (Fsp3) is 0.278. The molecule has 0 aliphatic carbocycles. The maximum absolute atomic E-state index is 12.1. The van der Waals surface area contributed by atoms with E-state index in [9.17, 15) is 4.79 Å². The molecule has 0 aliphatic heterocycles. The van der Waals surface area contributed by atoms with E-state index in [1.54, 1.807) is 12.0 Å². The molecule has 0 spiro atoms. The first-order chi connectivity index (χ1) is 10.7. The number of rotatable bonds is 7. The highest BCUT2D eigenvalue weighted by Gasteiger charge is 2.08. The van der Waals surface area contributed by atoms with Crippen molar-refractivity contribution in [1.82, 2.24) is 4.90 Å². The van der Waals surface area contributed by atoms with Crippen LogP contribution in [0.4, 0.5) is 5.69 Å². The van der Waals surface area contributed by atoms with E-state index in [-0.39, 0.29) is 5.91 Å². The molecular formula is C18H22N2O2. The first kappa shape index (κ1) is 15.9. The van der Waals surface area contributed by atoms with Gasteiger partial charge in [0.2, 0.25) is 5.91 Å². The monoisotopic (exact) mass is 298 g/mol. The van der Waals surface area contributed by atoms with Gasteiger partial charge >= 0.3 is 0 Å². The van der Waals surface area contributed by atoms with Gasteiger partial charge in [-0.2, -0.15) is 0 Å². The van der Waals surface area contributed by atoms with Gasteiger partial charge in [0.25, 0.3) is 0 Å². The normalized spacial score (nSPS) is 10.1. The van der Waals surface area contributed by atoms with Crippen LogP contribution in [-0.2, 0) is 11.3 Å². The van der Waals surface area contributed by atoms with Crippen molar-refractivity contribution in [2.45, 2.75) is 13.0 Å². The number of amides is 1. The van der Waals surface area contributed by atoms with Crippen LogP contribution in [-0.4, -0.2) is 31.5 Å². The van der Waals surface area contributed by atoms with E-state index in [0.29, 0.717) is 19.5 Å². The van der Waals surface area contributed by atoms with Crippen molar-refractivity contribution in [2.24, 2.45) is 0 Å². The summed E-state index contributed by atoms with van der Waals surface area (Å²) in [6.07, 6.45) is 0.468. The molecule has 4 nitrogen and oxygen atoms in total. The van der Waals surface area contributed by atoms with E-state index in [0.717, 1.165) is 17.0 Å². The molecule has 0 radical (unpaired) electrons. The van der Waals surface area contributed by atoms with E-state index < -0.39 is 0 Å². The summed E-state index contributed by atoms with van der Waals surface area (Å²) in [4.78, 5) is 13.9. The number of benzene rings is 2. The Labute approximate surface area is 131 Å². The minimum absolute atomic E-state index is 0.130. The first-order valence-corrected chi connectivity index (χ1v) is 7.35. The molecular weight excluding hydrogens is 276 g/mol. The maximum atomic E-state index is 12.1. The lowest BCUT2D eigenvalue weighted by atomic mass is 10.2. The fourth-order valence-corrected chi connectivity index (χ4v) is 2.16. The second-order valence-electron chi connectivity index (χ2n) is 5.14. The fourth-order valence-electron chi connectivity index (χ4n) is 2.16. The molecule has 0 heterocycles. The van der Waals surface area contributed by atoms with Crippen LogP contribution in [0.25, 0.3) is 0 Å². The average Bonchev–Trinajstić information content (AvgIpc) is 2.56. The van der Waals surface area contributed by atoms with Gasteiger partial charge in [-0.15, -0.1) is 0 Å². The van der Waals surface area contributed by atoms with Crippen LogP contribution in [0.5, 0.6) is 5.75 Å². The van der Waals surface area contributed by atoms with Crippen LogP contribution < -0.4 is 10.1 Å². The zero-order valence-corrected chi connectivity index (χ0v) is 13.1. The zero-order chi connectivity index (χ0) is 15.8. The van der Waals surface area contributed by atoms with Crippen molar-refractivity contribution in [1.29, 1.82) is 0 Å². The summed E-state index contributed by atoms with van der Waals surface area (Å²) in [7, 11) is 3.48. The van der Waals surface area contributed by atoms with Crippen molar-refractivity contribution >= 4 is 11.6 Å². The maximum Gasteiger partial charge on any atom is 0.224 e. The number of hydrogen-bond donors (Lipinski definition) is 1. The van der Waals surface area contributed by atoms with Crippen LogP contribution in [0.2, 0.25) is 0 Å². The van der Waals surface area contributed by atoms with Gasteiger partial charge in [-0.05, 0) is 29.8 Å². The second kappa shape index (κ2) is 8.08. The summed E-state index contributed by atoms with van der Waals surface area (Å²) in [6.45, 7) is 1.26. The summed E-state index contributed by atoms with van der Waals surface area (Å²) < 4.78 is 5.11. The lowest BCUT2D eigenvalue weighted by Gasteiger charge is -2.17. The minimum atomic E-state index is 0.130. The third-order valence-electron chi connectivity index (χ3n) is 3.45. The lowest BCUT2D eigenvalue weighted by molar-refractivity contribution is -0.130. The number of methoxy groups -OCH3 is 1. The van der Waals surface area contributed by atoms with Crippen molar-refractivity contribution in [3.8, 4) is 5.75 Å². The van der Waals surface area contributed by atoms with E-state index in [4.69, 9.17) is 4.74 Å². The van der Waals surface area contributed by atoms with Gasteiger partial charge in [-0.1, -0.05) is 30.3 Å². The minimum Gasteiger partial charge on any atom is -0.497 e. The molecule has 4 heteroatoms. The van der Waals surface area contributed by atoms with Crippen LogP contribution in [0, 0.1) is 0 Å². The molecule has 0 aliphatic rings. The number of carbonyl (C=O) groups is 1. The summed E-state index contributed by atoms with van der Waals surface area (Å²) in [5, 5.41) is 3.24. The van der Waals surface area contributed by atoms with Gasteiger partial charge in [0.1, 0.15) is 5.75 Å². The highest BCUT2D eigenvalue weighted by atomic mass is 16.5. The van der Waals surface area contributed by atoms with Crippen LogP contribution >= 0.6 is 0 Å². The van der Waals surface area contributed by atoms with E-state index in [1.165, 1.54) is 0 Å². The Bertz CT molecular complexity index is 582. The van der Waals surface area contributed by atoms with Crippen LogP contribution in [0.15, 0.2) is 54.6 Å². The molecule has 2 rings (SSSR count). The largest absolute Gasteiger partial charge is 0.497 e. The smallest absolute Gasteiger partial charge is 0.224 e. The Balaban J connectivity index is 1.74.